The summed E-state index contributed by atoms with van der Waals surface area (Å²) >= 11 is 9.20. The quantitative estimate of drug-likeness (QED) is 0.490. The van der Waals surface area contributed by atoms with Crippen molar-refractivity contribution in [2.45, 2.75) is 0 Å². The molecule has 0 radical (unpaired) electrons. The van der Waals surface area contributed by atoms with Crippen molar-refractivity contribution in [3.05, 3.63) is 33.3 Å². The summed E-state index contributed by atoms with van der Waals surface area (Å²) in [5.74, 6) is -0.0884. The highest BCUT2D eigenvalue weighted by Gasteiger charge is 1.96. The lowest BCUT2D eigenvalue weighted by molar-refractivity contribution is 1.21. The van der Waals surface area contributed by atoms with E-state index in [1.54, 1.807) is 12.1 Å². The third kappa shape index (κ3) is 3.35. The molecule has 0 aliphatic heterocycles. The summed E-state index contributed by atoms with van der Waals surface area (Å²) in [5, 5.41) is 7.68. The van der Waals surface area contributed by atoms with Crippen LogP contribution in [0.4, 0.5) is 0 Å². The van der Waals surface area contributed by atoms with Gasteiger partial charge in [0.1, 0.15) is 0 Å². The molecule has 0 bridgehead atoms. The molecule has 1 aromatic rings. The number of rotatable bonds is 2. The van der Waals surface area contributed by atoms with Crippen molar-refractivity contribution in [2.24, 2.45) is 21.7 Å². The van der Waals surface area contributed by atoms with E-state index in [9.17, 15) is 0 Å². The van der Waals surface area contributed by atoms with Crippen molar-refractivity contribution in [3.8, 4) is 0 Å². The van der Waals surface area contributed by atoms with Crippen LogP contribution >= 0.6 is 27.5 Å². The highest BCUT2D eigenvalue weighted by Crippen LogP contribution is 2.19. The molecule has 0 saturated carbocycles. The van der Waals surface area contributed by atoms with Crippen LogP contribution < -0.4 is 11.5 Å². The van der Waals surface area contributed by atoms with Gasteiger partial charge in [-0.15, -0.1) is 5.10 Å². The van der Waals surface area contributed by atoms with Gasteiger partial charge >= 0.3 is 0 Å². The summed E-state index contributed by atoms with van der Waals surface area (Å²) in [6, 6.07) is 5.42. The summed E-state index contributed by atoms with van der Waals surface area (Å²) in [4.78, 5) is 0. The molecule has 0 aliphatic rings. The monoisotopic (exact) mass is 274 g/mol. The van der Waals surface area contributed by atoms with Crippen LogP contribution in [-0.2, 0) is 0 Å². The summed E-state index contributed by atoms with van der Waals surface area (Å²) in [7, 11) is 0. The van der Waals surface area contributed by atoms with Gasteiger partial charge in [0, 0.05) is 10.0 Å². The van der Waals surface area contributed by atoms with Crippen LogP contribution in [0, 0.1) is 0 Å². The minimum atomic E-state index is -0.0884. The first kappa shape index (κ1) is 11.0. The van der Waals surface area contributed by atoms with E-state index in [0.717, 1.165) is 10.0 Å². The van der Waals surface area contributed by atoms with Crippen LogP contribution in [0.5, 0.6) is 0 Å². The van der Waals surface area contributed by atoms with Gasteiger partial charge in [-0.1, -0.05) is 33.6 Å². The Labute approximate surface area is 94.8 Å². The van der Waals surface area contributed by atoms with Crippen LogP contribution in [0.15, 0.2) is 32.9 Å². The van der Waals surface area contributed by atoms with Crippen molar-refractivity contribution in [2.75, 3.05) is 0 Å². The molecule has 0 spiro atoms. The number of nitrogens with two attached hydrogens (primary N) is 2. The summed E-state index contributed by atoms with van der Waals surface area (Å²) in [5.41, 5.74) is 10.9. The van der Waals surface area contributed by atoms with Crippen molar-refractivity contribution in [1.82, 2.24) is 0 Å². The zero-order chi connectivity index (χ0) is 10.6. The maximum Gasteiger partial charge on any atom is 0.211 e. The second-order valence-electron chi connectivity index (χ2n) is 2.44. The first-order valence-electron chi connectivity index (χ1n) is 3.66. The van der Waals surface area contributed by atoms with Crippen LogP contribution in [0.1, 0.15) is 5.56 Å². The van der Waals surface area contributed by atoms with Crippen molar-refractivity contribution in [3.63, 3.8) is 0 Å². The fourth-order valence-electron chi connectivity index (χ4n) is 0.764. The molecular weight excluding hydrogens is 267 g/mol. The number of hydrogen-bond donors (Lipinski definition) is 2. The average molecular weight is 276 g/mol. The van der Waals surface area contributed by atoms with E-state index in [-0.39, 0.29) is 5.96 Å². The number of guanidine groups is 1. The average Bonchev–Trinajstić information content (AvgIpc) is 2.08. The molecule has 14 heavy (non-hydrogen) atoms. The number of halogens is 2. The second-order valence-corrected chi connectivity index (χ2v) is 3.76. The zero-order valence-corrected chi connectivity index (χ0v) is 9.46. The number of nitrogens with zero attached hydrogens (tertiary/aromatic N) is 2. The predicted molar refractivity (Wildman–Crippen MR) is 62.6 cm³/mol. The smallest absolute Gasteiger partial charge is 0.211 e. The van der Waals surface area contributed by atoms with Crippen LogP contribution in [0.3, 0.4) is 0 Å². The van der Waals surface area contributed by atoms with Crippen molar-refractivity contribution < 1.29 is 0 Å². The van der Waals surface area contributed by atoms with E-state index in [1.807, 2.05) is 6.07 Å². The maximum atomic E-state index is 5.91. The lowest BCUT2D eigenvalue weighted by atomic mass is 10.2. The zero-order valence-electron chi connectivity index (χ0n) is 7.11. The van der Waals surface area contributed by atoms with Gasteiger partial charge in [0.2, 0.25) is 5.96 Å². The van der Waals surface area contributed by atoms with Crippen LogP contribution in [0.2, 0.25) is 5.02 Å². The van der Waals surface area contributed by atoms with E-state index in [1.165, 1.54) is 6.21 Å². The van der Waals surface area contributed by atoms with Gasteiger partial charge in [0.25, 0.3) is 0 Å². The van der Waals surface area contributed by atoms with E-state index in [2.05, 4.69) is 26.1 Å². The third-order valence-corrected chi connectivity index (χ3v) is 2.15. The van der Waals surface area contributed by atoms with Gasteiger partial charge in [-0.3, -0.25) is 0 Å². The Morgan fingerprint density at radius 3 is 2.71 bits per heavy atom. The molecule has 0 aliphatic carbocycles. The molecule has 4 nitrogen and oxygen atoms in total. The fraction of sp³-hybridized carbons (Fsp3) is 0. The highest BCUT2D eigenvalue weighted by molar-refractivity contribution is 9.10. The molecule has 0 aromatic heterocycles. The van der Waals surface area contributed by atoms with Crippen LogP contribution in [-0.4, -0.2) is 12.2 Å². The van der Waals surface area contributed by atoms with Gasteiger partial charge in [-0.2, -0.15) is 5.10 Å². The van der Waals surface area contributed by atoms with Gasteiger partial charge in [-0.05, 0) is 12.1 Å². The third-order valence-electron chi connectivity index (χ3n) is 1.33. The van der Waals surface area contributed by atoms with Crippen molar-refractivity contribution in [1.29, 1.82) is 0 Å². The fourth-order valence-corrected chi connectivity index (χ4v) is 1.49. The van der Waals surface area contributed by atoms with Gasteiger partial charge in [-0.25, -0.2) is 0 Å². The van der Waals surface area contributed by atoms with E-state index >= 15 is 0 Å². The highest BCUT2D eigenvalue weighted by atomic mass is 79.9. The lowest BCUT2D eigenvalue weighted by Gasteiger charge is -1.96. The van der Waals surface area contributed by atoms with Gasteiger partial charge in [0.05, 0.1) is 11.2 Å². The predicted octanol–water partition coefficient (Wildman–Crippen LogP) is 1.71. The molecule has 74 valence electrons. The molecule has 4 N–H and O–H groups in total. The Balaban J connectivity index is 2.87. The second kappa shape index (κ2) is 4.97. The molecule has 0 atom stereocenters. The Morgan fingerprint density at radius 2 is 2.14 bits per heavy atom. The van der Waals surface area contributed by atoms with E-state index in [4.69, 9.17) is 23.1 Å². The maximum absolute atomic E-state index is 5.91. The Hall–Kier alpha value is -1.07. The molecule has 0 heterocycles. The Morgan fingerprint density at radius 1 is 1.43 bits per heavy atom. The summed E-state index contributed by atoms with van der Waals surface area (Å²) < 4.78 is 0.904. The minimum absolute atomic E-state index is 0.0884. The van der Waals surface area contributed by atoms with E-state index in [0.29, 0.717) is 5.02 Å². The number of hydrogen-bond acceptors (Lipinski definition) is 2. The molecule has 0 fully saturated rings. The molecule has 1 rings (SSSR count). The standard InChI is InChI=1S/C8H8BrClN4/c9-6-2-1-5(7(10)3-6)4-13-14-8(11)12/h1-4H,(H4,11,12,14). The minimum Gasteiger partial charge on any atom is -0.369 e. The largest absolute Gasteiger partial charge is 0.369 e. The van der Waals surface area contributed by atoms with Gasteiger partial charge < -0.3 is 11.5 Å². The summed E-state index contributed by atoms with van der Waals surface area (Å²) in [6.07, 6.45) is 1.48. The first-order valence-corrected chi connectivity index (χ1v) is 4.83. The Kier molecular flexibility index (Phi) is 3.91. The van der Waals surface area contributed by atoms with Crippen LogP contribution in [0.25, 0.3) is 0 Å². The first-order chi connectivity index (χ1) is 6.59. The molecule has 0 amide bonds. The van der Waals surface area contributed by atoms with Crippen molar-refractivity contribution >= 4 is 39.7 Å². The number of benzene rings is 1. The lowest BCUT2D eigenvalue weighted by Crippen LogP contribution is -2.21. The summed E-state index contributed by atoms with van der Waals surface area (Å²) in [6.45, 7) is 0. The molecule has 0 unspecified atom stereocenters. The van der Waals surface area contributed by atoms with E-state index < -0.39 is 0 Å². The SMILES string of the molecule is NC(N)=NN=Cc1ccc(Br)cc1Cl. The molecule has 6 heteroatoms. The molecular formula is C8H8BrClN4. The topological polar surface area (TPSA) is 76.8 Å². The normalized spacial score (nSPS) is 10.4. The van der Waals surface area contributed by atoms with Gasteiger partial charge in [0.15, 0.2) is 0 Å². The molecule has 0 saturated heterocycles. The Bertz CT molecular complexity index is 385. The molecule has 1 aromatic carbocycles.